The van der Waals surface area contributed by atoms with Crippen LogP contribution in [0.2, 0.25) is 0 Å². The molecule has 1 aromatic rings. The van der Waals surface area contributed by atoms with Crippen molar-refractivity contribution < 1.29 is 13.6 Å². The molecule has 2 amide bonds. The lowest BCUT2D eigenvalue weighted by molar-refractivity contribution is 0.248. The van der Waals surface area contributed by atoms with E-state index in [1.54, 1.807) is 0 Å². The van der Waals surface area contributed by atoms with Crippen LogP contribution in [0.5, 0.6) is 0 Å². The molecular formula is C12H14F2N2O. The van der Waals surface area contributed by atoms with E-state index in [0.29, 0.717) is 0 Å². The molecule has 17 heavy (non-hydrogen) atoms. The van der Waals surface area contributed by atoms with E-state index >= 15 is 0 Å². The third kappa shape index (κ3) is 3.15. The molecule has 1 saturated carbocycles. The van der Waals surface area contributed by atoms with Crippen LogP contribution in [0.3, 0.4) is 0 Å². The monoisotopic (exact) mass is 240 g/mol. The summed E-state index contributed by atoms with van der Waals surface area (Å²) in [4.78, 5) is 11.5. The number of halogens is 2. The molecular weight excluding hydrogens is 226 g/mol. The van der Waals surface area contributed by atoms with E-state index in [1.165, 1.54) is 6.07 Å². The summed E-state index contributed by atoms with van der Waals surface area (Å²) in [6, 6.07) is 3.10. The molecule has 0 radical (unpaired) electrons. The van der Waals surface area contributed by atoms with Gasteiger partial charge in [-0.1, -0.05) is 12.8 Å². The summed E-state index contributed by atoms with van der Waals surface area (Å²) in [5.41, 5.74) is 0.249. The lowest BCUT2D eigenvalue weighted by Gasteiger charge is -2.12. The Kier molecular flexibility index (Phi) is 3.56. The molecule has 0 aromatic heterocycles. The first-order valence-electron chi connectivity index (χ1n) is 5.68. The van der Waals surface area contributed by atoms with E-state index in [9.17, 15) is 13.6 Å². The summed E-state index contributed by atoms with van der Waals surface area (Å²) in [6.45, 7) is 0. The van der Waals surface area contributed by atoms with Crippen molar-refractivity contribution in [2.75, 3.05) is 5.32 Å². The smallest absolute Gasteiger partial charge is 0.319 e. The van der Waals surface area contributed by atoms with Crippen molar-refractivity contribution in [3.8, 4) is 0 Å². The van der Waals surface area contributed by atoms with Crippen molar-refractivity contribution in [3.05, 3.63) is 29.8 Å². The summed E-state index contributed by atoms with van der Waals surface area (Å²) in [5, 5.41) is 5.28. The average molecular weight is 240 g/mol. The van der Waals surface area contributed by atoms with Crippen molar-refractivity contribution in [3.63, 3.8) is 0 Å². The van der Waals surface area contributed by atoms with Gasteiger partial charge < -0.3 is 10.6 Å². The van der Waals surface area contributed by atoms with Crippen LogP contribution < -0.4 is 10.6 Å². The van der Waals surface area contributed by atoms with Crippen molar-refractivity contribution >= 4 is 11.7 Å². The summed E-state index contributed by atoms with van der Waals surface area (Å²) < 4.78 is 25.5. The maximum Gasteiger partial charge on any atom is 0.319 e. The number of hydrogen-bond acceptors (Lipinski definition) is 1. The molecule has 2 N–H and O–H groups in total. The number of carbonyl (C=O) groups is 1. The highest BCUT2D eigenvalue weighted by atomic mass is 19.2. The van der Waals surface area contributed by atoms with Crippen molar-refractivity contribution in [1.29, 1.82) is 0 Å². The molecule has 92 valence electrons. The van der Waals surface area contributed by atoms with Crippen molar-refractivity contribution in [1.82, 2.24) is 5.32 Å². The van der Waals surface area contributed by atoms with E-state index in [2.05, 4.69) is 10.6 Å². The molecule has 0 aliphatic heterocycles. The Hall–Kier alpha value is -1.65. The first-order chi connectivity index (χ1) is 8.15. The molecule has 1 aliphatic carbocycles. The van der Waals surface area contributed by atoms with Gasteiger partial charge in [0.25, 0.3) is 0 Å². The van der Waals surface area contributed by atoms with Gasteiger partial charge in [0.05, 0.1) is 0 Å². The average Bonchev–Trinajstić information content (AvgIpc) is 2.76. The number of carbonyl (C=O) groups excluding carboxylic acids is 1. The van der Waals surface area contributed by atoms with Gasteiger partial charge in [0.15, 0.2) is 11.6 Å². The summed E-state index contributed by atoms with van der Waals surface area (Å²) in [6.07, 6.45) is 4.20. The van der Waals surface area contributed by atoms with Gasteiger partial charge in [-0.2, -0.15) is 0 Å². The maximum atomic E-state index is 12.9. The van der Waals surface area contributed by atoms with Gasteiger partial charge in [0, 0.05) is 17.8 Å². The van der Waals surface area contributed by atoms with Gasteiger partial charge in [-0.3, -0.25) is 0 Å². The molecule has 1 aliphatic rings. The van der Waals surface area contributed by atoms with Crippen LogP contribution in [0.15, 0.2) is 18.2 Å². The third-order valence-corrected chi connectivity index (χ3v) is 2.87. The number of urea groups is 1. The summed E-state index contributed by atoms with van der Waals surface area (Å²) >= 11 is 0. The Morgan fingerprint density at radius 1 is 1.18 bits per heavy atom. The van der Waals surface area contributed by atoms with Gasteiger partial charge >= 0.3 is 6.03 Å². The molecule has 0 unspecified atom stereocenters. The van der Waals surface area contributed by atoms with Gasteiger partial charge in [-0.05, 0) is 25.0 Å². The second-order valence-corrected chi connectivity index (χ2v) is 4.21. The highest BCUT2D eigenvalue weighted by Gasteiger charge is 2.17. The Morgan fingerprint density at radius 3 is 2.53 bits per heavy atom. The van der Waals surface area contributed by atoms with E-state index < -0.39 is 11.6 Å². The Bertz CT molecular complexity index is 417. The van der Waals surface area contributed by atoms with Gasteiger partial charge in [0.2, 0.25) is 0 Å². The minimum atomic E-state index is -0.969. The molecule has 2 rings (SSSR count). The van der Waals surface area contributed by atoms with Crippen LogP contribution in [0, 0.1) is 11.6 Å². The summed E-state index contributed by atoms with van der Waals surface area (Å²) in [7, 11) is 0. The molecule has 1 aromatic carbocycles. The second kappa shape index (κ2) is 5.12. The quantitative estimate of drug-likeness (QED) is 0.819. The number of rotatable bonds is 2. The number of amides is 2. The fraction of sp³-hybridized carbons (Fsp3) is 0.417. The minimum absolute atomic E-state index is 0.195. The van der Waals surface area contributed by atoms with E-state index in [1.807, 2.05) is 0 Å². The predicted octanol–water partition coefficient (Wildman–Crippen LogP) is 3.03. The lowest BCUT2D eigenvalue weighted by atomic mass is 10.2. The molecule has 0 atom stereocenters. The van der Waals surface area contributed by atoms with Crippen LogP contribution >= 0.6 is 0 Å². The zero-order valence-electron chi connectivity index (χ0n) is 9.30. The van der Waals surface area contributed by atoms with Gasteiger partial charge in [-0.15, -0.1) is 0 Å². The first-order valence-corrected chi connectivity index (χ1v) is 5.68. The molecule has 0 saturated heterocycles. The zero-order chi connectivity index (χ0) is 12.3. The first kappa shape index (κ1) is 11.8. The highest BCUT2D eigenvalue weighted by molar-refractivity contribution is 5.89. The molecule has 1 fully saturated rings. The Labute approximate surface area is 98.2 Å². The standard InChI is InChI=1S/C12H14F2N2O/c13-10-6-5-9(7-11(10)14)16-12(17)15-8-3-1-2-4-8/h5-8H,1-4H2,(H2,15,16,17). The van der Waals surface area contributed by atoms with E-state index in [-0.39, 0.29) is 17.8 Å². The number of nitrogens with one attached hydrogen (secondary N) is 2. The Balaban J connectivity index is 1.90. The van der Waals surface area contributed by atoms with Crippen LogP contribution in [0.4, 0.5) is 19.3 Å². The van der Waals surface area contributed by atoms with Crippen molar-refractivity contribution in [2.24, 2.45) is 0 Å². The predicted molar refractivity (Wildman–Crippen MR) is 60.8 cm³/mol. The minimum Gasteiger partial charge on any atom is -0.335 e. The van der Waals surface area contributed by atoms with Crippen LogP contribution in [-0.4, -0.2) is 12.1 Å². The molecule has 5 heteroatoms. The largest absolute Gasteiger partial charge is 0.335 e. The van der Waals surface area contributed by atoms with Gasteiger partial charge in [-0.25, -0.2) is 13.6 Å². The fourth-order valence-electron chi connectivity index (χ4n) is 2.00. The highest BCUT2D eigenvalue weighted by Crippen LogP contribution is 2.18. The van der Waals surface area contributed by atoms with Crippen LogP contribution in [0.25, 0.3) is 0 Å². The van der Waals surface area contributed by atoms with Crippen LogP contribution in [-0.2, 0) is 0 Å². The lowest BCUT2D eigenvalue weighted by Crippen LogP contribution is -2.36. The normalized spacial score (nSPS) is 15.9. The number of anilines is 1. The Morgan fingerprint density at radius 2 is 1.88 bits per heavy atom. The van der Waals surface area contributed by atoms with Gasteiger partial charge in [0.1, 0.15) is 0 Å². The topological polar surface area (TPSA) is 41.1 Å². The van der Waals surface area contributed by atoms with Crippen molar-refractivity contribution in [2.45, 2.75) is 31.7 Å². The van der Waals surface area contributed by atoms with E-state index in [4.69, 9.17) is 0 Å². The number of hydrogen-bond donors (Lipinski definition) is 2. The maximum absolute atomic E-state index is 12.9. The molecule has 0 heterocycles. The molecule has 0 bridgehead atoms. The summed E-state index contributed by atoms with van der Waals surface area (Å²) in [5.74, 6) is -1.89. The third-order valence-electron chi connectivity index (χ3n) is 2.87. The molecule has 0 spiro atoms. The second-order valence-electron chi connectivity index (χ2n) is 4.21. The number of benzene rings is 1. The fourth-order valence-corrected chi connectivity index (χ4v) is 2.00. The zero-order valence-corrected chi connectivity index (χ0v) is 9.30. The molecule has 3 nitrogen and oxygen atoms in total. The van der Waals surface area contributed by atoms with Crippen LogP contribution in [0.1, 0.15) is 25.7 Å². The van der Waals surface area contributed by atoms with E-state index in [0.717, 1.165) is 37.8 Å². The SMILES string of the molecule is O=C(Nc1ccc(F)c(F)c1)NC1CCCC1.